The minimum absolute atomic E-state index is 0.00782. The number of carbonyl (C=O) groups is 2. The number of aryl methyl sites for hydroxylation is 1. The second kappa shape index (κ2) is 5.89. The molecule has 5 nitrogen and oxygen atoms in total. The van der Waals surface area contributed by atoms with Crippen LogP contribution in [-0.4, -0.2) is 52.3 Å². The summed E-state index contributed by atoms with van der Waals surface area (Å²) in [6.45, 7) is 6.89. The molecular formula is C15H22N2O3. The third-order valence-corrected chi connectivity index (χ3v) is 3.89. The molecule has 0 amide bonds. The highest BCUT2D eigenvalue weighted by Gasteiger charge is 2.26. The number of likely N-dealkylation sites (tertiary alicyclic amines) is 1. The van der Waals surface area contributed by atoms with E-state index in [1.807, 2.05) is 18.7 Å². The average molecular weight is 278 g/mol. The summed E-state index contributed by atoms with van der Waals surface area (Å²) in [5.74, 6) is -0.0159. The predicted octanol–water partition coefficient (Wildman–Crippen LogP) is 1.34. The van der Waals surface area contributed by atoms with Crippen LogP contribution in [-0.2, 0) is 6.42 Å². The fraction of sp³-hybridized carbons (Fsp3) is 0.600. The summed E-state index contributed by atoms with van der Waals surface area (Å²) in [7, 11) is 0. The smallest absolute Gasteiger partial charge is 0.193 e. The first-order valence-electron chi connectivity index (χ1n) is 7.10. The standard InChI is InChI=1S/C15H22N2O3/c1-4-12-14(10(3)18)9(2)16-15(12)13(20)8-17-6-5-11(19)7-17/h11,16,19H,4-8H2,1-3H3/t11-/m0/s1. The number of aliphatic hydroxyl groups excluding tert-OH is 1. The van der Waals surface area contributed by atoms with Gasteiger partial charge in [0.05, 0.1) is 18.3 Å². The number of Topliss-reactive ketones (excluding diaryl/α,β-unsaturated/α-hetero) is 2. The Bertz CT molecular complexity index is 533. The lowest BCUT2D eigenvalue weighted by Crippen LogP contribution is -2.29. The minimum Gasteiger partial charge on any atom is -0.392 e. The zero-order valence-corrected chi connectivity index (χ0v) is 12.3. The molecule has 110 valence electrons. The topological polar surface area (TPSA) is 73.4 Å². The van der Waals surface area contributed by atoms with E-state index >= 15 is 0 Å². The Labute approximate surface area is 119 Å². The number of carbonyl (C=O) groups excluding carboxylic acids is 2. The van der Waals surface area contributed by atoms with Gasteiger partial charge in [0, 0.05) is 24.3 Å². The van der Waals surface area contributed by atoms with Crippen LogP contribution in [0.1, 0.15) is 52.4 Å². The molecule has 5 heteroatoms. The van der Waals surface area contributed by atoms with Crippen molar-refractivity contribution in [2.45, 2.75) is 39.7 Å². The van der Waals surface area contributed by atoms with Crippen molar-refractivity contribution in [1.82, 2.24) is 9.88 Å². The second-order valence-electron chi connectivity index (χ2n) is 5.49. The van der Waals surface area contributed by atoms with Gasteiger partial charge in [0.1, 0.15) is 0 Å². The van der Waals surface area contributed by atoms with Gasteiger partial charge >= 0.3 is 0 Å². The zero-order valence-electron chi connectivity index (χ0n) is 12.3. The van der Waals surface area contributed by atoms with Crippen LogP contribution >= 0.6 is 0 Å². The number of ketones is 2. The van der Waals surface area contributed by atoms with Gasteiger partial charge < -0.3 is 10.1 Å². The van der Waals surface area contributed by atoms with Crippen LogP contribution in [0.25, 0.3) is 0 Å². The van der Waals surface area contributed by atoms with Crippen molar-refractivity contribution in [2.24, 2.45) is 0 Å². The molecule has 0 bridgehead atoms. The summed E-state index contributed by atoms with van der Waals surface area (Å²) in [6.07, 6.45) is 1.05. The SMILES string of the molecule is CCc1c(C(=O)CN2CC[C@H](O)C2)[nH]c(C)c1C(C)=O. The Balaban J connectivity index is 2.21. The molecule has 0 unspecified atom stereocenters. The predicted molar refractivity (Wildman–Crippen MR) is 76.3 cm³/mol. The van der Waals surface area contributed by atoms with Gasteiger partial charge in [-0.25, -0.2) is 0 Å². The first-order valence-corrected chi connectivity index (χ1v) is 7.10. The van der Waals surface area contributed by atoms with Gasteiger partial charge in [-0.15, -0.1) is 0 Å². The molecule has 1 atom stereocenters. The first kappa shape index (κ1) is 14.9. The Kier molecular flexibility index (Phi) is 4.40. The lowest BCUT2D eigenvalue weighted by atomic mass is 10.0. The molecule has 1 saturated heterocycles. The lowest BCUT2D eigenvalue weighted by Gasteiger charge is -2.13. The van der Waals surface area contributed by atoms with Crippen molar-refractivity contribution < 1.29 is 14.7 Å². The van der Waals surface area contributed by atoms with Crippen molar-refractivity contribution in [3.8, 4) is 0 Å². The summed E-state index contributed by atoms with van der Waals surface area (Å²) >= 11 is 0. The molecule has 1 aliphatic rings. The van der Waals surface area contributed by atoms with Crippen LogP contribution in [0.4, 0.5) is 0 Å². The maximum absolute atomic E-state index is 12.4. The molecule has 2 N–H and O–H groups in total. The second-order valence-corrected chi connectivity index (χ2v) is 5.49. The van der Waals surface area contributed by atoms with E-state index in [-0.39, 0.29) is 17.7 Å². The van der Waals surface area contributed by atoms with Crippen molar-refractivity contribution in [2.75, 3.05) is 19.6 Å². The highest BCUT2D eigenvalue weighted by Crippen LogP contribution is 2.21. The molecule has 0 aliphatic carbocycles. The van der Waals surface area contributed by atoms with Gasteiger partial charge in [-0.2, -0.15) is 0 Å². The third kappa shape index (κ3) is 2.83. The normalized spacial score (nSPS) is 19.5. The lowest BCUT2D eigenvalue weighted by molar-refractivity contribution is 0.0929. The Morgan fingerprint density at radius 2 is 2.15 bits per heavy atom. The molecule has 0 radical (unpaired) electrons. The van der Waals surface area contributed by atoms with Crippen LogP contribution in [0.2, 0.25) is 0 Å². The van der Waals surface area contributed by atoms with Crippen LogP contribution in [0, 0.1) is 6.92 Å². The number of nitrogens with zero attached hydrogens (tertiary/aromatic N) is 1. The molecule has 2 rings (SSSR count). The van der Waals surface area contributed by atoms with Gasteiger partial charge in [-0.05, 0) is 32.3 Å². The van der Waals surface area contributed by atoms with E-state index in [9.17, 15) is 14.7 Å². The molecule has 1 fully saturated rings. The molecule has 0 saturated carbocycles. The molecule has 20 heavy (non-hydrogen) atoms. The molecule has 1 aromatic heterocycles. The van der Waals surface area contributed by atoms with Gasteiger partial charge in [-0.3, -0.25) is 14.5 Å². The van der Waals surface area contributed by atoms with E-state index in [0.717, 1.165) is 24.2 Å². The summed E-state index contributed by atoms with van der Waals surface area (Å²) in [5, 5.41) is 9.50. The molecule has 0 aromatic carbocycles. The highest BCUT2D eigenvalue weighted by atomic mass is 16.3. The van der Waals surface area contributed by atoms with Crippen LogP contribution in [0.15, 0.2) is 0 Å². The Morgan fingerprint density at radius 1 is 1.45 bits per heavy atom. The number of aromatic nitrogens is 1. The summed E-state index contributed by atoms with van der Waals surface area (Å²) in [6, 6.07) is 0. The quantitative estimate of drug-likeness (QED) is 0.797. The minimum atomic E-state index is -0.327. The number of hydrogen-bond acceptors (Lipinski definition) is 4. The summed E-state index contributed by atoms with van der Waals surface area (Å²) in [5.41, 5.74) is 2.78. The number of aliphatic hydroxyl groups is 1. The van der Waals surface area contributed by atoms with Crippen LogP contribution in [0.5, 0.6) is 0 Å². The van der Waals surface area contributed by atoms with Crippen molar-refractivity contribution >= 4 is 11.6 Å². The van der Waals surface area contributed by atoms with E-state index in [2.05, 4.69) is 4.98 Å². The Morgan fingerprint density at radius 3 is 2.65 bits per heavy atom. The van der Waals surface area contributed by atoms with Gasteiger partial charge in [-0.1, -0.05) is 6.92 Å². The Hall–Kier alpha value is -1.46. The maximum Gasteiger partial charge on any atom is 0.193 e. The number of hydrogen-bond donors (Lipinski definition) is 2. The van der Waals surface area contributed by atoms with Crippen LogP contribution in [0.3, 0.4) is 0 Å². The van der Waals surface area contributed by atoms with E-state index in [1.54, 1.807) is 0 Å². The van der Waals surface area contributed by atoms with Crippen molar-refractivity contribution in [3.05, 3.63) is 22.5 Å². The summed E-state index contributed by atoms with van der Waals surface area (Å²) < 4.78 is 0. The van der Waals surface area contributed by atoms with E-state index in [1.165, 1.54) is 6.92 Å². The average Bonchev–Trinajstić information content (AvgIpc) is 2.92. The van der Waals surface area contributed by atoms with E-state index in [0.29, 0.717) is 30.8 Å². The third-order valence-electron chi connectivity index (χ3n) is 3.89. The number of rotatable bonds is 5. The zero-order chi connectivity index (χ0) is 14.9. The van der Waals surface area contributed by atoms with E-state index in [4.69, 9.17) is 0 Å². The van der Waals surface area contributed by atoms with E-state index < -0.39 is 0 Å². The molecule has 0 spiro atoms. The summed E-state index contributed by atoms with van der Waals surface area (Å²) in [4.78, 5) is 29.1. The highest BCUT2D eigenvalue weighted by molar-refractivity contribution is 6.04. The van der Waals surface area contributed by atoms with Crippen LogP contribution < -0.4 is 0 Å². The first-order chi connectivity index (χ1) is 9.43. The van der Waals surface area contributed by atoms with Crippen molar-refractivity contribution in [1.29, 1.82) is 0 Å². The number of aromatic amines is 1. The number of nitrogens with one attached hydrogen (secondary N) is 1. The molecule has 1 aromatic rings. The number of H-pyrrole nitrogens is 1. The maximum atomic E-state index is 12.4. The fourth-order valence-electron chi connectivity index (χ4n) is 2.98. The monoisotopic (exact) mass is 278 g/mol. The van der Waals surface area contributed by atoms with Gasteiger partial charge in [0.25, 0.3) is 0 Å². The molecular weight excluding hydrogens is 256 g/mol. The van der Waals surface area contributed by atoms with Gasteiger partial charge in [0.15, 0.2) is 11.6 Å². The molecule has 2 heterocycles. The number of β-amino-alcohol motifs (C(OH)–C–C–N with tert-alkyl or cyclic N) is 1. The van der Waals surface area contributed by atoms with Crippen molar-refractivity contribution in [3.63, 3.8) is 0 Å². The fourth-order valence-corrected chi connectivity index (χ4v) is 2.98. The van der Waals surface area contributed by atoms with Gasteiger partial charge in [0.2, 0.25) is 0 Å². The molecule has 1 aliphatic heterocycles. The largest absolute Gasteiger partial charge is 0.392 e.